The van der Waals surface area contributed by atoms with Crippen molar-refractivity contribution < 1.29 is 13.2 Å². The Labute approximate surface area is 65.9 Å². The average molecular weight is 216 g/mol. The third-order valence-corrected chi connectivity index (χ3v) is 3.21. The van der Waals surface area contributed by atoms with E-state index in [-0.39, 0.29) is 0 Å². The first-order valence-corrected chi connectivity index (χ1v) is 5.91. The van der Waals surface area contributed by atoms with Gasteiger partial charge in [0, 0.05) is 0 Å². The van der Waals surface area contributed by atoms with E-state index in [1.165, 1.54) is 0 Å². The van der Waals surface area contributed by atoms with Crippen LogP contribution in [0.1, 0.15) is 26.2 Å². The average Bonchev–Trinajstić information content (AvgIpc) is 1.78. The van der Waals surface area contributed by atoms with Gasteiger partial charge in [-0.3, -0.25) is 0 Å². The summed E-state index contributed by atoms with van der Waals surface area (Å²) in [5, 5.41) is 0.414. The van der Waals surface area contributed by atoms with Gasteiger partial charge in [0.25, 0.3) is 0 Å². The third-order valence-electron chi connectivity index (χ3n) is 1.11. The van der Waals surface area contributed by atoms with Gasteiger partial charge in [0.05, 0.1) is 0 Å². The molecule has 0 aliphatic carbocycles. The van der Waals surface area contributed by atoms with E-state index in [1.54, 1.807) is 0 Å². The minimum atomic E-state index is -3.83. The van der Waals surface area contributed by atoms with Crippen LogP contribution < -0.4 is 0 Å². The van der Waals surface area contributed by atoms with Crippen LogP contribution in [0.4, 0.5) is 13.2 Å². The minimum absolute atomic E-state index is 0.414. The van der Waals surface area contributed by atoms with Gasteiger partial charge in [0.2, 0.25) is 0 Å². The van der Waals surface area contributed by atoms with E-state index in [4.69, 9.17) is 0 Å². The first-order chi connectivity index (χ1) is 4.56. The Morgan fingerprint density at radius 2 is 1.80 bits per heavy atom. The number of halogens is 3. The molecule has 1 atom stereocenters. The van der Waals surface area contributed by atoms with Crippen molar-refractivity contribution in [2.75, 3.05) is 0 Å². The van der Waals surface area contributed by atoms with Gasteiger partial charge >= 0.3 is 65.3 Å². The third kappa shape index (κ3) is 8.35. The molecule has 0 rings (SSSR count). The van der Waals surface area contributed by atoms with Crippen LogP contribution in [0.25, 0.3) is 0 Å². The van der Waals surface area contributed by atoms with Crippen LogP contribution in [-0.2, 0) is 0 Å². The standard InChI is InChI=1S/C6H12AsF3/c1-2-3-4-5-7-6(8,9)10/h7H,2-5H2,1H3. The molecule has 4 heteroatoms. The molecule has 0 saturated carbocycles. The quantitative estimate of drug-likeness (QED) is 0.500. The summed E-state index contributed by atoms with van der Waals surface area (Å²) in [6.45, 7) is 1.99. The second kappa shape index (κ2) is 5.06. The van der Waals surface area contributed by atoms with Crippen LogP contribution in [0.3, 0.4) is 0 Å². The van der Waals surface area contributed by atoms with Gasteiger partial charge in [-0.25, -0.2) is 0 Å². The van der Waals surface area contributed by atoms with Gasteiger partial charge in [0.15, 0.2) is 0 Å². The summed E-state index contributed by atoms with van der Waals surface area (Å²) in [7, 11) is 0. The van der Waals surface area contributed by atoms with Gasteiger partial charge in [-0.1, -0.05) is 0 Å². The van der Waals surface area contributed by atoms with E-state index in [0.717, 1.165) is 19.3 Å². The molecule has 0 saturated heterocycles. The predicted octanol–water partition coefficient (Wildman–Crippen LogP) is 2.55. The predicted molar refractivity (Wildman–Crippen MR) is 37.5 cm³/mol. The van der Waals surface area contributed by atoms with Crippen LogP contribution in [0.2, 0.25) is 5.21 Å². The molecule has 0 nitrogen and oxygen atoms in total. The Morgan fingerprint density at radius 1 is 1.20 bits per heavy atom. The zero-order chi connectivity index (χ0) is 8.04. The Balaban J connectivity index is 3.04. The van der Waals surface area contributed by atoms with Crippen molar-refractivity contribution in [1.29, 1.82) is 0 Å². The van der Waals surface area contributed by atoms with Crippen LogP contribution in [-0.4, -0.2) is 20.7 Å². The van der Waals surface area contributed by atoms with Crippen LogP contribution >= 0.6 is 0 Å². The SMILES string of the molecule is CCCCC[AsH]C(F)(F)F. The molecule has 0 aliphatic rings. The molecule has 0 spiro atoms. The van der Waals surface area contributed by atoms with E-state index in [1.807, 2.05) is 6.92 Å². The van der Waals surface area contributed by atoms with Crippen molar-refractivity contribution in [2.45, 2.75) is 36.4 Å². The molecular formula is C6H12AsF3. The van der Waals surface area contributed by atoms with E-state index < -0.39 is 20.7 Å². The summed E-state index contributed by atoms with van der Waals surface area (Å²) in [6, 6.07) is 0. The Hall–Kier alpha value is 0.348. The van der Waals surface area contributed by atoms with E-state index >= 15 is 0 Å². The molecule has 0 aromatic heterocycles. The van der Waals surface area contributed by atoms with E-state index in [0.29, 0.717) is 5.21 Å². The summed E-state index contributed by atoms with van der Waals surface area (Å²) in [5.41, 5.74) is 0. The number of hydrogen-bond acceptors (Lipinski definition) is 0. The number of alkyl halides is 3. The Bertz CT molecular complexity index is 79.6. The summed E-state index contributed by atoms with van der Waals surface area (Å²) in [6.07, 6.45) is 2.71. The topological polar surface area (TPSA) is 0 Å². The Kier molecular flexibility index (Phi) is 5.24. The van der Waals surface area contributed by atoms with Crippen molar-refractivity contribution in [1.82, 2.24) is 0 Å². The van der Waals surface area contributed by atoms with Gasteiger partial charge in [-0.05, 0) is 0 Å². The number of unbranched alkanes of at least 4 members (excludes halogenated alkanes) is 2. The first-order valence-electron chi connectivity index (χ1n) is 3.38. The fraction of sp³-hybridized carbons (Fsp3) is 1.00. The summed E-state index contributed by atoms with van der Waals surface area (Å²) < 4.78 is 34.6. The molecule has 0 aliphatic heterocycles. The van der Waals surface area contributed by atoms with Crippen LogP contribution in [0.5, 0.6) is 0 Å². The van der Waals surface area contributed by atoms with E-state index in [9.17, 15) is 13.2 Å². The van der Waals surface area contributed by atoms with Crippen molar-refractivity contribution in [3.63, 3.8) is 0 Å². The summed E-state index contributed by atoms with van der Waals surface area (Å²) >= 11 is -1.66. The molecule has 0 bridgehead atoms. The molecule has 0 heterocycles. The Morgan fingerprint density at radius 3 is 2.20 bits per heavy atom. The molecule has 1 unspecified atom stereocenters. The molecule has 0 radical (unpaired) electrons. The molecule has 0 amide bonds. The molecular weight excluding hydrogens is 204 g/mol. The number of hydrogen-bond donors (Lipinski definition) is 0. The number of rotatable bonds is 4. The first kappa shape index (κ1) is 10.3. The van der Waals surface area contributed by atoms with E-state index in [2.05, 4.69) is 0 Å². The van der Waals surface area contributed by atoms with Gasteiger partial charge in [-0.2, -0.15) is 0 Å². The fourth-order valence-corrected chi connectivity index (χ4v) is 2.10. The fourth-order valence-electron chi connectivity index (χ4n) is 0.605. The van der Waals surface area contributed by atoms with Crippen molar-refractivity contribution >= 4 is 15.8 Å². The summed E-state index contributed by atoms with van der Waals surface area (Å²) in [4.78, 5) is -3.83. The van der Waals surface area contributed by atoms with Crippen LogP contribution in [0, 0.1) is 0 Å². The van der Waals surface area contributed by atoms with Crippen molar-refractivity contribution in [3.8, 4) is 0 Å². The normalized spacial score (nSPS) is 13.2. The van der Waals surface area contributed by atoms with Gasteiger partial charge in [-0.15, -0.1) is 0 Å². The maximum absolute atomic E-state index is 11.5. The van der Waals surface area contributed by atoms with Gasteiger partial charge < -0.3 is 0 Å². The molecule has 0 aromatic rings. The van der Waals surface area contributed by atoms with Crippen molar-refractivity contribution in [2.24, 2.45) is 0 Å². The molecule has 10 heavy (non-hydrogen) atoms. The monoisotopic (exact) mass is 216 g/mol. The second-order valence-corrected chi connectivity index (χ2v) is 5.11. The maximum atomic E-state index is 11.5. The molecule has 0 N–H and O–H groups in total. The van der Waals surface area contributed by atoms with Crippen molar-refractivity contribution in [3.05, 3.63) is 0 Å². The zero-order valence-corrected chi connectivity index (χ0v) is 8.06. The van der Waals surface area contributed by atoms with Gasteiger partial charge in [0.1, 0.15) is 0 Å². The summed E-state index contributed by atoms with van der Waals surface area (Å²) in [5.74, 6) is 0. The molecule has 62 valence electrons. The molecule has 0 aromatic carbocycles. The second-order valence-electron chi connectivity index (χ2n) is 2.13. The van der Waals surface area contributed by atoms with Crippen LogP contribution in [0.15, 0.2) is 0 Å². The molecule has 0 fully saturated rings. The zero-order valence-electron chi connectivity index (χ0n) is 5.96.